The number of hydrogen-bond acceptors (Lipinski definition) is 5. The fraction of sp³-hybridized carbons (Fsp3) is 0.312. The van der Waals surface area contributed by atoms with Gasteiger partial charge in [-0.2, -0.15) is 0 Å². The van der Waals surface area contributed by atoms with Gasteiger partial charge in [-0.05, 0) is 24.7 Å². The van der Waals surface area contributed by atoms with Crippen molar-refractivity contribution in [2.24, 2.45) is 0 Å². The Bertz CT molecular complexity index is 854. The third-order valence-electron chi connectivity index (χ3n) is 4.34. The van der Waals surface area contributed by atoms with Gasteiger partial charge in [0.15, 0.2) is 5.82 Å². The molecule has 0 N–H and O–H groups in total. The van der Waals surface area contributed by atoms with Gasteiger partial charge in [-0.1, -0.05) is 0 Å². The summed E-state index contributed by atoms with van der Waals surface area (Å²) in [4.78, 5) is 8.60. The molecule has 0 spiro atoms. The first-order valence-electron chi connectivity index (χ1n) is 7.64. The number of aromatic nitrogens is 4. The number of benzene rings is 1. The van der Waals surface area contributed by atoms with Crippen LogP contribution in [0.2, 0.25) is 0 Å². The smallest absolute Gasteiger partial charge is 0.203 e. The van der Waals surface area contributed by atoms with Crippen molar-refractivity contribution in [3.63, 3.8) is 0 Å². The molecule has 0 aliphatic carbocycles. The van der Waals surface area contributed by atoms with Crippen molar-refractivity contribution in [1.82, 2.24) is 24.5 Å². The molecule has 24 heavy (non-hydrogen) atoms. The fourth-order valence-electron chi connectivity index (χ4n) is 2.99. The predicted octanol–water partition coefficient (Wildman–Crippen LogP) is 1.72. The van der Waals surface area contributed by atoms with Crippen molar-refractivity contribution in [2.75, 3.05) is 25.0 Å². The standard InChI is InChI=1S/C16H16F2N6/c1-22(7-11-4-12(17)6-13(18)5-11)14-8-24(9-14)15-16-21-20-10-23(16)3-2-19-15/h2-6,10,14H,7-9H2,1H3. The minimum absolute atomic E-state index is 0.293. The Kier molecular flexibility index (Phi) is 3.61. The first kappa shape index (κ1) is 14.9. The van der Waals surface area contributed by atoms with Crippen molar-refractivity contribution in [2.45, 2.75) is 12.6 Å². The molecular weight excluding hydrogens is 314 g/mol. The van der Waals surface area contributed by atoms with Crippen molar-refractivity contribution in [3.05, 3.63) is 54.1 Å². The van der Waals surface area contributed by atoms with Crippen LogP contribution in [0.1, 0.15) is 5.56 Å². The van der Waals surface area contributed by atoms with Crippen molar-refractivity contribution in [1.29, 1.82) is 0 Å². The molecule has 6 nitrogen and oxygen atoms in total. The van der Waals surface area contributed by atoms with Crippen LogP contribution in [0.4, 0.5) is 14.6 Å². The van der Waals surface area contributed by atoms with E-state index in [9.17, 15) is 8.78 Å². The molecule has 124 valence electrons. The molecule has 0 radical (unpaired) electrons. The summed E-state index contributed by atoms with van der Waals surface area (Å²) >= 11 is 0. The highest BCUT2D eigenvalue weighted by atomic mass is 19.1. The van der Waals surface area contributed by atoms with Gasteiger partial charge in [0.1, 0.15) is 18.0 Å². The van der Waals surface area contributed by atoms with Crippen molar-refractivity contribution in [3.8, 4) is 0 Å². The summed E-state index contributed by atoms with van der Waals surface area (Å²) in [6, 6.07) is 3.92. The Morgan fingerprint density at radius 2 is 1.96 bits per heavy atom. The normalized spacial score (nSPS) is 15.2. The number of likely N-dealkylation sites (N-methyl/N-ethyl adjacent to an activating group) is 1. The molecule has 0 atom stereocenters. The maximum atomic E-state index is 13.3. The summed E-state index contributed by atoms with van der Waals surface area (Å²) < 4.78 is 28.4. The number of nitrogens with zero attached hydrogens (tertiary/aromatic N) is 6. The first-order valence-corrected chi connectivity index (χ1v) is 7.64. The molecule has 4 rings (SSSR count). The average Bonchev–Trinajstić information content (AvgIpc) is 2.93. The van der Waals surface area contributed by atoms with E-state index in [4.69, 9.17) is 0 Å². The second-order valence-electron chi connectivity index (χ2n) is 6.06. The van der Waals surface area contributed by atoms with Crippen LogP contribution in [0.3, 0.4) is 0 Å². The molecule has 8 heteroatoms. The van der Waals surface area contributed by atoms with E-state index in [1.165, 1.54) is 12.1 Å². The maximum absolute atomic E-state index is 13.3. The van der Waals surface area contributed by atoms with E-state index in [2.05, 4.69) is 25.0 Å². The molecule has 1 aromatic carbocycles. The van der Waals surface area contributed by atoms with E-state index in [-0.39, 0.29) is 0 Å². The van der Waals surface area contributed by atoms with Crippen LogP contribution in [0.15, 0.2) is 36.9 Å². The highest BCUT2D eigenvalue weighted by molar-refractivity contribution is 5.64. The minimum atomic E-state index is -0.545. The van der Waals surface area contributed by atoms with Crippen molar-refractivity contribution < 1.29 is 8.78 Å². The van der Waals surface area contributed by atoms with Crippen LogP contribution in [0.25, 0.3) is 5.65 Å². The summed E-state index contributed by atoms with van der Waals surface area (Å²) in [6.07, 6.45) is 5.17. The maximum Gasteiger partial charge on any atom is 0.203 e. The lowest BCUT2D eigenvalue weighted by Crippen LogP contribution is -2.58. The van der Waals surface area contributed by atoms with E-state index < -0.39 is 11.6 Å². The third-order valence-corrected chi connectivity index (χ3v) is 4.34. The second kappa shape index (κ2) is 5.79. The van der Waals surface area contributed by atoms with Crippen LogP contribution >= 0.6 is 0 Å². The van der Waals surface area contributed by atoms with E-state index in [1.54, 1.807) is 18.7 Å². The van der Waals surface area contributed by atoms with Gasteiger partial charge in [-0.25, -0.2) is 13.8 Å². The van der Waals surface area contributed by atoms with Gasteiger partial charge in [0.2, 0.25) is 5.65 Å². The SMILES string of the molecule is CN(Cc1cc(F)cc(F)c1)C1CN(c2nccn3cnnc23)C1. The Morgan fingerprint density at radius 1 is 1.21 bits per heavy atom. The second-order valence-corrected chi connectivity index (χ2v) is 6.06. The zero-order valence-electron chi connectivity index (χ0n) is 13.1. The highest BCUT2D eigenvalue weighted by Crippen LogP contribution is 2.25. The Morgan fingerprint density at radius 3 is 2.71 bits per heavy atom. The summed E-state index contributed by atoms with van der Waals surface area (Å²) in [5.41, 5.74) is 1.36. The predicted molar refractivity (Wildman–Crippen MR) is 84.6 cm³/mol. The molecular formula is C16H16F2N6. The highest BCUT2D eigenvalue weighted by Gasteiger charge is 2.32. The lowest BCUT2D eigenvalue weighted by atomic mass is 10.1. The summed E-state index contributed by atoms with van der Waals surface area (Å²) in [7, 11) is 1.95. The molecule has 1 fully saturated rings. The van der Waals surface area contributed by atoms with Gasteiger partial charge in [0.05, 0.1) is 0 Å². The molecule has 1 aliphatic heterocycles. The van der Waals surface area contributed by atoms with E-state index >= 15 is 0 Å². The molecule has 2 aromatic heterocycles. The van der Waals surface area contributed by atoms with Crippen LogP contribution in [-0.4, -0.2) is 50.7 Å². The monoisotopic (exact) mass is 330 g/mol. The van der Waals surface area contributed by atoms with Crippen molar-refractivity contribution >= 4 is 11.5 Å². The molecule has 3 heterocycles. The number of fused-ring (bicyclic) bond motifs is 1. The Balaban J connectivity index is 1.42. The lowest BCUT2D eigenvalue weighted by molar-refractivity contribution is 0.196. The summed E-state index contributed by atoms with van der Waals surface area (Å²) in [5, 5.41) is 7.98. The zero-order valence-corrected chi connectivity index (χ0v) is 13.1. The van der Waals surface area contributed by atoms with Gasteiger partial charge >= 0.3 is 0 Å². The van der Waals surface area contributed by atoms with E-state index in [0.717, 1.165) is 30.6 Å². The van der Waals surface area contributed by atoms with Crippen LogP contribution in [-0.2, 0) is 6.54 Å². The third kappa shape index (κ3) is 2.69. The number of hydrogen-bond donors (Lipinski definition) is 0. The van der Waals surface area contributed by atoms with Crippen LogP contribution in [0.5, 0.6) is 0 Å². The van der Waals surface area contributed by atoms with Crippen LogP contribution < -0.4 is 4.90 Å². The average molecular weight is 330 g/mol. The fourth-order valence-corrected chi connectivity index (χ4v) is 2.99. The van der Waals surface area contributed by atoms with E-state index in [0.29, 0.717) is 18.2 Å². The van der Waals surface area contributed by atoms with Gasteiger partial charge < -0.3 is 4.90 Å². The van der Waals surface area contributed by atoms with Gasteiger partial charge in [-0.15, -0.1) is 10.2 Å². The van der Waals surface area contributed by atoms with E-state index in [1.807, 2.05) is 11.4 Å². The van der Waals surface area contributed by atoms with Gasteiger partial charge in [0.25, 0.3) is 0 Å². The number of rotatable bonds is 4. The first-order chi connectivity index (χ1) is 11.6. The lowest BCUT2D eigenvalue weighted by Gasteiger charge is -2.44. The summed E-state index contributed by atoms with van der Waals surface area (Å²) in [6.45, 7) is 2.07. The number of halogens is 2. The molecule has 3 aromatic rings. The number of anilines is 1. The molecule has 0 amide bonds. The molecule has 0 unspecified atom stereocenters. The Hall–Kier alpha value is -2.61. The minimum Gasteiger partial charge on any atom is -0.350 e. The Labute approximate surface area is 137 Å². The molecule has 1 saturated heterocycles. The largest absolute Gasteiger partial charge is 0.350 e. The molecule has 0 saturated carbocycles. The summed E-state index contributed by atoms with van der Waals surface area (Å²) in [5.74, 6) is -0.288. The topological polar surface area (TPSA) is 49.6 Å². The van der Waals surface area contributed by atoms with Crippen LogP contribution in [0, 0.1) is 11.6 Å². The molecule has 0 bridgehead atoms. The van der Waals surface area contributed by atoms with Gasteiger partial charge in [-0.3, -0.25) is 9.30 Å². The molecule has 1 aliphatic rings. The zero-order chi connectivity index (χ0) is 16.7. The quantitative estimate of drug-likeness (QED) is 0.729. The van der Waals surface area contributed by atoms with Gasteiger partial charge in [0, 0.05) is 44.1 Å².